The molecule has 2 N–H and O–H groups in total. The number of nitrogens with one attached hydrogen (secondary N) is 2. The lowest BCUT2D eigenvalue weighted by Crippen LogP contribution is -2.53. The Bertz CT molecular complexity index is 974. The maximum Gasteiger partial charge on any atom is 0.139 e. The van der Waals surface area contributed by atoms with Gasteiger partial charge in [0.25, 0.3) is 0 Å². The van der Waals surface area contributed by atoms with Crippen molar-refractivity contribution in [2.45, 2.75) is 19.4 Å². The first kappa shape index (κ1) is 17.0. The van der Waals surface area contributed by atoms with Crippen LogP contribution in [0.2, 0.25) is 0 Å². The average molecular weight is 395 g/mol. The van der Waals surface area contributed by atoms with Crippen LogP contribution < -0.4 is 10.6 Å². The van der Waals surface area contributed by atoms with E-state index in [1.54, 1.807) is 11.3 Å². The molecule has 0 bridgehead atoms. The molecule has 138 valence electrons. The van der Waals surface area contributed by atoms with Gasteiger partial charge in [0.15, 0.2) is 0 Å². The van der Waals surface area contributed by atoms with Gasteiger partial charge >= 0.3 is 0 Å². The highest BCUT2D eigenvalue weighted by Crippen LogP contribution is 2.39. The third-order valence-corrected chi connectivity index (χ3v) is 6.92. The Morgan fingerprint density at radius 1 is 1.22 bits per heavy atom. The number of para-hydroxylation sites is 2. The lowest BCUT2D eigenvalue weighted by atomic mass is 10.1. The van der Waals surface area contributed by atoms with E-state index in [4.69, 9.17) is 4.99 Å². The number of hydrogen-bond donors (Lipinski definition) is 2. The van der Waals surface area contributed by atoms with E-state index in [0.29, 0.717) is 6.04 Å². The first-order valence-corrected chi connectivity index (χ1v) is 11.0. The van der Waals surface area contributed by atoms with Crippen LogP contribution in [0.25, 0.3) is 0 Å². The fraction of sp³-hybridized carbons (Fsp3) is 0.286. The zero-order valence-corrected chi connectivity index (χ0v) is 16.9. The summed E-state index contributed by atoms with van der Waals surface area (Å²) in [7, 11) is 0. The van der Waals surface area contributed by atoms with Crippen LogP contribution in [0.5, 0.6) is 0 Å². The standard InChI is InChI=1S/C21H22N4S2/c1-14-11-17-20(23-18-6-2-3-7-19(18)24-21(17)27-14)25-9-8-22-15(13-25)12-16-5-4-10-26-16/h2-7,10-11,15,22,24H,8-9,12-13H2,1H3/t15-/m0/s1. The van der Waals surface area contributed by atoms with Gasteiger partial charge in [-0.3, -0.25) is 0 Å². The summed E-state index contributed by atoms with van der Waals surface area (Å²) in [6.07, 6.45) is 1.08. The lowest BCUT2D eigenvalue weighted by molar-refractivity contribution is 0.291. The largest absolute Gasteiger partial charge is 0.353 e. The van der Waals surface area contributed by atoms with Gasteiger partial charge in [-0.15, -0.1) is 22.7 Å². The summed E-state index contributed by atoms with van der Waals surface area (Å²) >= 11 is 3.65. The number of benzene rings is 1. The van der Waals surface area contributed by atoms with E-state index in [0.717, 1.165) is 43.3 Å². The highest BCUT2D eigenvalue weighted by atomic mass is 32.1. The van der Waals surface area contributed by atoms with E-state index < -0.39 is 0 Å². The van der Waals surface area contributed by atoms with Gasteiger partial charge in [-0.05, 0) is 43.0 Å². The van der Waals surface area contributed by atoms with Crippen LogP contribution in [-0.2, 0) is 6.42 Å². The number of piperazine rings is 1. The van der Waals surface area contributed by atoms with Crippen molar-refractivity contribution >= 4 is 44.9 Å². The number of aryl methyl sites for hydroxylation is 1. The quantitative estimate of drug-likeness (QED) is 0.658. The van der Waals surface area contributed by atoms with E-state index in [1.807, 2.05) is 11.3 Å². The number of aliphatic imine (C=N–C) groups is 1. The maximum atomic E-state index is 5.11. The minimum absolute atomic E-state index is 0.453. The van der Waals surface area contributed by atoms with Crippen molar-refractivity contribution in [3.63, 3.8) is 0 Å². The fourth-order valence-corrected chi connectivity index (χ4v) is 5.52. The van der Waals surface area contributed by atoms with Crippen LogP contribution in [0, 0.1) is 6.92 Å². The molecule has 0 amide bonds. The fourth-order valence-electron chi connectivity index (χ4n) is 3.81. The van der Waals surface area contributed by atoms with Crippen LogP contribution >= 0.6 is 22.7 Å². The molecule has 2 aromatic heterocycles. The Morgan fingerprint density at radius 2 is 2.15 bits per heavy atom. The predicted molar refractivity (Wildman–Crippen MR) is 116 cm³/mol. The van der Waals surface area contributed by atoms with E-state index in [1.165, 1.54) is 20.3 Å². The van der Waals surface area contributed by atoms with E-state index in [-0.39, 0.29) is 0 Å². The first-order valence-electron chi connectivity index (χ1n) is 9.32. The van der Waals surface area contributed by atoms with Gasteiger partial charge in [0.1, 0.15) is 10.8 Å². The zero-order chi connectivity index (χ0) is 18.2. The first-order chi connectivity index (χ1) is 13.3. The number of rotatable bonds is 2. The van der Waals surface area contributed by atoms with Gasteiger partial charge in [-0.1, -0.05) is 18.2 Å². The summed E-state index contributed by atoms with van der Waals surface area (Å²) in [6.45, 7) is 5.12. The van der Waals surface area contributed by atoms with Gasteiger partial charge in [-0.25, -0.2) is 4.99 Å². The summed E-state index contributed by atoms with van der Waals surface area (Å²) in [5, 5.41) is 10.7. The molecule has 2 aliphatic heterocycles. The van der Waals surface area contributed by atoms with E-state index in [2.05, 4.69) is 70.3 Å². The number of hydrogen-bond acceptors (Lipinski definition) is 6. The minimum atomic E-state index is 0.453. The normalized spacial score (nSPS) is 18.9. The molecule has 5 rings (SSSR count). The third kappa shape index (κ3) is 3.40. The summed E-state index contributed by atoms with van der Waals surface area (Å²) < 4.78 is 0. The summed E-state index contributed by atoms with van der Waals surface area (Å²) in [6, 6.07) is 15.4. The summed E-state index contributed by atoms with van der Waals surface area (Å²) in [4.78, 5) is 10.3. The lowest BCUT2D eigenvalue weighted by Gasteiger charge is -2.35. The maximum absolute atomic E-state index is 5.11. The van der Waals surface area contributed by atoms with Gasteiger partial charge in [0.2, 0.25) is 0 Å². The van der Waals surface area contributed by atoms with Crippen molar-refractivity contribution in [2.75, 3.05) is 25.0 Å². The molecule has 3 aromatic rings. The Hall–Kier alpha value is -2.15. The Kier molecular flexibility index (Phi) is 4.47. The van der Waals surface area contributed by atoms with Gasteiger partial charge in [0, 0.05) is 35.4 Å². The smallest absolute Gasteiger partial charge is 0.139 e. The number of nitrogens with zero attached hydrogens (tertiary/aromatic N) is 2. The molecule has 0 spiro atoms. The van der Waals surface area contributed by atoms with E-state index in [9.17, 15) is 0 Å². The highest BCUT2D eigenvalue weighted by molar-refractivity contribution is 7.16. The van der Waals surface area contributed by atoms with Crippen LogP contribution in [0.4, 0.5) is 16.4 Å². The van der Waals surface area contributed by atoms with Crippen molar-refractivity contribution in [2.24, 2.45) is 4.99 Å². The topological polar surface area (TPSA) is 39.7 Å². The van der Waals surface area contributed by atoms with Crippen molar-refractivity contribution in [1.29, 1.82) is 0 Å². The second-order valence-corrected chi connectivity index (χ2v) is 9.35. The van der Waals surface area contributed by atoms with Gasteiger partial charge < -0.3 is 15.5 Å². The van der Waals surface area contributed by atoms with Crippen molar-refractivity contribution < 1.29 is 0 Å². The van der Waals surface area contributed by atoms with Gasteiger partial charge in [-0.2, -0.15) is 0 Å². The molecule has 1 fully saturated rings. The number of fused-ring (bicyclic) bond motifs is 2. The molecule has 0 unspecified atom stereocenters. The molecule has 1 atom stereocenters. The second kappa shape index (κ2) is 7.11. The van der Waals surface area contributed by atoms with Crippen molar-refractivity contribution in [3.8, 4) is 0 Å². The molecule has 1 saturated heterocycles. The van der Waals surface area contributed by atoms with Crippen LogP contribution in [0.1, 0.15) is 15.3 Å². The summed E-state index contributed by atoms with van der Waals surface area (Å²) in [5.74, 6) is 1.10. The molecule has 2 aliphatic rings. The number of thiophene rings is 2. The molecule has 6 heteroatoms. The molecule has 0 radical (unpaired) electrons. The van der Waals surface area contributed by atoms with Crippen LogP contribution in [-0.4, -0.2) is 36.4 Å². The van der Waals surface area contributed by atoms with Crippen LogP contribution in [0.3, 0.4) is 0 Å². The number of amidine groups is 1. The number of anilines is 2. The SMILES string of the molecule is Cc1cc2c(s1)Nc1ccccc1N=C2N1CCN[C@@H](Cc2cccs2)C1. The molecule has 0 saturated carbocycles. The van der Waals surface area contributed by atoms with Crippen molar-refractivity contribution in [1.82, 2.24) is 10.2 Å². The molecule has 27 heavy (non-hydrogen) atoms. The predicted octanol–water partition coefficient (Wildman–Crippen LogP) is 4.77. The van der Waals surface area contributed by atoms with Crippen LogP contribution in [0.15, 0.2) is 52.8 Å². The monoisotopic (exact) mass is 394 g/mol. The second-order valence-electron chi connectivity index (χ2n) is 7.06. The summed E-state index contributed by atoms with van der Waals surface area (Å²) in [5.41, 5.74) is 3.33. The zero-order valence-electron chi connectivity index (χ0n) is 15.2. The minimum Gasteiger partial charge on any atom is -0.353 e. The Balaban J connectivity index is 1.49. The molecular weight excluding hydrogens is 372 g/mol. The molecule has 0 aliphatic carbocycles. The van der Waals surface area contributed by atoms with E-state index >= 15 is 0 Å². The highest BCUT2D eigenvalue weighted by Gasteiger charge is 2.27. The molecular formula is C21H22N4S2. The third-order valence-electron chi connectivity index (χ3n) is 5.06. The van der Waals surface area contributed by atoms with Crippen molar-refractivity contribution in [3.05, 3.63) is 63.2 Å². The molecule has 4 heterocycles. The van der Waals surface area contributed by atoms with Gasteiger partial charge in [0.05, 0.1) is 16.9 Å². The Labute approximate surface area is 167 Å². The molecule has 4 nitrogen and oxygen atoms in total. The molecule has 1 aromatic carbocycles. The average Bonchev–Trinajstić information content (AvgIpc) is 3.28. The Morgan fingerprint density at radius 3 is 3.04 bits per heavy atom.